The first-order valence-corrected chi connectivity index (χ1v) is 20.1. The number of hydrogen-bond acceptors (Lipinski definition) is 4. The second kappa shape index (κ2) is 14.1. The van der Waals surface area contributed by atoms with Gasteiger partial charge < -0.3 is 9.47 Å². The van der Waals surface area contributed by atoms with Gasteiger partial charge in [-0.3, -0.25) is 0 Å². The average Bonchev–Trinajstić information content (AvgIpc) is 3.77. The number of carbonyl (C=O) groups excluding carboxylic acids is 2. The van der Waals surface area contributed by atoms with E-state index < -0.39 is 35.4 Å². The molecular formula is C53H43F3O4. The zero-order valence-electron chi connectivity index (χ0n) is 33.7. The standard InChI is InChI=1S/C53H43F3O4/c1-6-48(57)59-30-52(31-60-49(58)7-2)46-28-34(32-16-20-38-36-12-8-10-14-42(36)50(3,4)44(38)26-32)18-22-40(46)41-23-19-35(29-47(41)52)33-17-21-39-37-13-9-11-15-43(37)51(5,45(39)27-33)24-25-53(54,55)56/h6-23,26-29H,1-2,24-25,30-31H2,3-5H3. The number of ether oxygens (including phenoxy) is 2. The molecule has 0 bridgehead atoms. The number of benzene rings is 6. The van der Waals surface area contributed by atoms with E-state index in [9.17, 15) is 22.8 Å². The van der Waals surface area contributed by atoms with Crippen LogP contribution in [-0.4, -0.2) is 31.3 Å². The Hall–Kier alpha value is -6.47. The molecule has 0 N–H and O–H groups in total. The van der Waals surface area contributed by atoms with Crippen molar-refractivity contribution in [1.82, 2.24) is 0 Å². The lowest BCUT2D eigenvalue weighted by molar-refractivity contribution is -0.143. The van der Waals surface area contributed by atoms with Gasteiger partial charge in [0.25, 0.3) is 0 Å². The van der Waals surface area contributed by atoms with Crippen LogP contribution in [0.1, 0.15) is 67.0 Å². The minimum Gasteiger partial charge on any atom is -0.461 e. The lowest BCUT2D eigenvalue weighted by Crippen LogP contribution is -2.38. The highest BCUT2D eigenvalue weighted by Gasteiger charge is 2.47. The van der Waals surface area contributed by atoms with Crippen molar-refractivity contribution in [3.63, 3.8) is 0 Å². The van der Waals surface area contributed by atoms with Gasteiger partial charge in [0.2, 0.25) is 0 Å². The highest BCUT2D eigenvalue weighted by Crippen LogP contribution is 2.55. The summed E-state index contributed by atoms with van der Waals surface area (Å²) in [6, 6.07) is 41.1. The first-order chi connectivity index (χ1) is 28.7. The van der Waals surface area contributed by atoms with E-state index in [0.29, 0.717) is 0 Å². The van der Waals surface area contributed by atoms with Gasteiger partial charge in [-0.15, -0.1) is 0 Å². The number of halogens is 3. The molecule has 300 valence electrons. The number of esters is 2. The zero-order chi connectivity index (χ0) is 42.2. The average molecular weight is 801 g/mol. The predicted molar refractivity (Wildman–Crippen MR) is 231 cm³/mol. The third-order valence-electron chi connectivity index (χ3n) is 13.2. The summed E-state index contributed by atoms with van der Waals surface area (Å²) >= 11 is 0. The van der Waals surface area contributed by atoms with Crippen molar-refractivity contribution in [3.05, 3.63) is 180 Å². The van der Waals surface area contributed by atoms with E-state index >= 15 is 0 Å². The fraction of sp³-hybridized carbons (Fsp3) is 0.208. The van der Waals surface area contributed by atoms with E-state index in [4.69, 9.17) is 9.47 Å². The molecule has 1 atom stereocenters. The van der Waals surface area contributed by atoms with Crippen LogP contribution >= 0.6 is 0 Å². The van der Waals surface area contributed by atoms with Gasteiger partial charge >= 0.3 is 18.1 Å². The van der Waals surface area contributed by atoms with Crippen molar-refractivity contribution in [2.24, 2.45) is 0 Å². The molecule has 0 aromatic heterocycles. The smallest absolute Gasteiger partial charge is 0.389 e. The van der Waals surface area contributed by atoms with Gasteiger partial charge in [-0.05, 0) is 120 Å². The fourth-order valence-corrected chi connectivity index (χ4v) is 10.0. The molecule has 0 saturated heterocycles. The molecule has 9 rings (SSSR count). The molecule has 3 aliphatic rings. The second-order valence-corrected chi connectivity index (χ2v) is 16.9. The van der Waals surface area contributed by atoms with Crippen molar-refractivity contribution < 1.29 is 32.2 Å². The van der Waals surface area contributed by atoms with E-state index in [1.54, 1.807) is 0 Å². The van der Waals surface area contributed by atoms with Crippen LogP contribution in [0.15, 0.2) is 147 Å². The number of fused-ring (bicyclic) bond motifs is 9. The lowest BCUT2D eigenvalue weighted by Gasteiger charge is -2.31. The quantitative estimate of drug-likeness (QED) is 0.102. The van der Waals surface area contributed by atoms with Crippen LogP contribution in [0.5, 0.6) is 0 Å². The molecule has 0 spiro atoms. The molecule has 3 aliphatic carbocycles. The summed E-state index contributed by atoms with van der Waals surface area (Å²) in [5.74, 6) is -1.24. The molecule has 0 aliphatic heterocycles. The van der Waals surface area contributed by atoms with Gasteiger partial charge in [0.1, 0.15) is 13.2 Å². The predicted octanol–water partition coefficient (Wildman–Crippen LogP) is 12.7. The van der Waals surface area contributed by atoms with Crippen LogP contribution in [0.3, 0.4) is 0 Å². The van der Waals surface area contributed by atoms with Crippen LogP contribution < -0.4 is 0 Å². The lowest BCUT2D eigenvalue weighted by atomic mass is 9.75. The Kier molecular flexibility index (Phi) is 9.16. The summed E-state index contributed by atoms with van der Waals surface area (Å²) in [4.78, 5) is 25.6. The molecule has 0 heterocycles. The number of alkyl halides is 3. The summed E-state index contributed by atoms with van der Waals surface area (Å²) in [6.45, 7) is 13.3. The molecule has 0 radical (unpaired) electrons. The van der Waals surface area contributed by atoms with Gasteiger partial charge in [-0.1, -0.05) is 131 Å². The second-order valence-electron chi connectivity index (χ2n) is 16.9. The Morgan fingerprint density at radius 2 is 0.917 bits per heavy atom. The minimum atomic E-state index is -4.30. The fourth-order valence-electron chi connectivity index (χ4n) is 10.0. The van der Waals surface area contributed by atoms with Crippen molar-refractivity contribution in [2.45, 2.75) is 56.0 Å². The SMILES string of the molecule is C=CC(=O)OCC1(COC(=O)C=C)c2cc(-c3ccc4c(c3)C(C)(C)c3ccccc3-4)ccc2-c2ccc(-c3ccc4c(c3)C(C)(CCC(F)(F)F)c3ccccc3-4)cc21. The van der Waals surface area contributed by atoms with E-state index in [1.165, 1.54) is 22.3 Å². The van der Waals surface area contributed by atoms with Crippen molar-refractivity contribution in [3.8, 4) is 55.6 Å². The molecule has 7 heteroatoms. The Morgan fingerprint density at radius 3 is 1.40 bits per heavy atom. The van der Waals surface area contributed by atoms with E-state index in [1.807, 2.05) is 67.6 Å². The number of rotatable bonds is 10. The Bertz CT molecular complexity index is 2770. The molecule has 4 nitrogen and oxygen atoms in total. The summed E-state index contributed by atoms with van der Waals surface area (Å²) < 4.78 is 53.0. The Labute approximate surface area is 348 Å². The molecule has 6 aromatic rings. The minimum absolute atomic E-state index is 0.0904. The summed E-state index contributed by atoms with van der Waals surface area (Å²) in [5, 5.41) is 0. The van der Waals surface area contributed by atoms with Crippen LogP contribution in [0.2, 0.25) is 0 Å². The highest BCUT2D eigenvalue weighted by atomic mass is 19.4. The van der Waals surface area contributed by atoms with Crippen molar-refractivity contribution >= 4 is 11.9 Å². The first kappa shape index (κ1) is 39.0. The van der Waals surface area contributed by atoms with E-state index in [-0.39, 0.29) is 25.0 Å². The van der Waals surface area contributed by atoms with E-state index in [0.717, 1.165) is 78.9 Å². The van der Waals surface area contributed by atoms with Crippen LogP contribution in [0.4, 0.5) is 13.2 Å². The highest BCUT2D eigenvalue weighted by molar-refractivity contribution is 5.90. The zero-order valence-corrected chi connectivity index (χ0v) is 33.7. The maximum Gasteiger partial charge on any atom is 0.389 e. The summed E-state index contributed by atoms with van der Waals surface area (Å²) in [7, 11) is 0. The molecule has 0 saturated carbocycles. The monoisotopic (exact) mass is 800 g/mol. The van der Waals surface area contributed by atoms with Gasteiger partial charge in [-0.25, -0.2) is 9.59 Å². The van der Waals surface area contributed by atoms with Crippen LogP contribution in [0, 0.1) is 0 Å². The maximum atomic E-state index is 13.7. The van der Waals surface area contributed by atoms with Gasteiger partial charge in [-0.2, -0.15) is 13.2 Å². The largest absolute Gasteiger partial charge is 0.461 e. The number of hydrogen-bond donors (Lipinski definition) is 0. The van der Waals surface area contributed by atoms with Crippen LogP contribution in [0.25, 0.3) is 55.6 Å². The molecular weight excluding hydrogens is 758 g/mol. The molecule has 6 aromatic carbocycles. The van der Waals surface area contributed by atoms with Gasteiger partial charge in [0.05, 0.1) is 5.41 Å². The number of carbonyl (C=O) groups is 2. The van der Waals surface area contributed by atoms with Gasteiger partial charge in [0, 0.05) is 29.4 Å². The molecule has 0 fully saturated rings. The summed E-state index contributed by atoms with van der Waals surface area (Å²) in [5.41, 5.74) is 13.3. The molecule has 60 heavy (non-hydrogen) atoms. The summed E-state index contributed by atoms with van der Waals surface area (Å²) in [6.07, 6.45) is -3.09. The third kappa shape index (κ3) is 6.13. The van der Waals surface area contributed by atoms with Crippen molar-refractivity contribution in [1.29, 1.82) is 0 Å². The van der Waals surface area contributed by atoms with Crippen molar-refractivity contribution in [2.75, 3.05) is 13.2 Å². The Morgan fingerprint density at radius 1 is 0.533 bits per heavy atom. The topological polar surface area (TPSA) is 52.6 Å². The normalized spacial score (nSPS) is 17.0. The molecule has 0 amide bonds. The van der Waals surface area contributed by atoms with Crippen LogP contribution in [-0.2, 0) is 35.3 Å². The third-order valence-corrected chi connectivity index (χ3v) is 13.2. The van der Waals surface area contributed by atoms with E-state index in [2.05, 4.69) is 87.7 Å². The first-order valence-electron chi connectivity index (χ1n) is 20.1. The Balaban J connectivity index is 1.18. The van der Waals surface area contributed by atoms with Gasteiger partial charge in [0.15, 0.2) is 0 Å². The molecule has 1 unspecified atom stereocenters. The maximum absolute atomic E-state index is 13.7.